The second-order valence-corrected chi connectivity index (χ2v) is 24.0. The number of nitrogens with zero attached hydrogens (tertiary/aromatic N) is 3. The molecule has 0 N–H and O–H groups in total. The zero-order chi connectivity index (χ0) is 53.1. The molecule has 0 amide bonds. The maximum Gasteiger partial charge on any atom is 0.253 e. The zero-order valence-corrected chi connectivity index (χ0v) is 45.3. The number of benzene rings is 11. The molecule has 2 aliphatic rings. The molecule has 2 aliphatic heterocycles. The molecule has 0 atom stereocenters. The predicted octanol–water partition coefficient (Wildman–Crippen LogP) is 18.0. The van der Waals surface area contributed by atoms with Crippen LogP contribution in [-0.2, 0) is 10.8 Å². The van der Waals surface area contributed by atoms with Crippen molar-refractivity contribution in [2.24, 2.45) is 0 Å². The van der Waals surface area contributed by atoms with Gasteiger partial charge in [0, 0.05) is 66.1 Å². The second kappa shape index (κ2) is 16.6. The zero-order valence-electron chi connectivity index (χ0n) is 45.3. The lowest BCUT2D eigenvalue weighted by atomic mass is 9.33. The summed E-state index contributed by atoms with van der Waals surface area (Å²) in [5.74, 6) is 0. The van der Waals surface area contributed by atoms with Crippen LogP contribution in [0.15, 0.2) is 235 Å². The molecule has 0 unspecified atom stereocenters. The Kier molecular flexibility index (Phi) is 9.63. The first-order chi connectivity index (χ1) is 38.5. The van der Waals surface area contributed by atoms with Crippen LogP contribution in [0.4, 0.5) is 17.1 Å². The highest BCUT2D eigenvalue weighted by atomic mass is 16.3. The van der Waals surface area contributed by atoms with Crippen LogP contribution in [-0.4, -0.2) is 15.8 Å². The van der Waals surface area contributed by atoms with Gasteiger partial charge in [0.25, 0.3) is 6.71 Å². The van der Waals surface area contributed by atoms with Gasteiger partial charge in [-0.25, -0.2) is 0 Å². The number of hydrogen-bond donors (Lipinski definition) is 0. The van der Waals surface area contributed by atoms with Crippen LogP contribution in [0.25, 0.3) is 110 Å². The molecule has 376 valence electrons. The van der Waals surface area contributed by atoms with Gasteiger partial charge in [-0.15, -0.1) is 0 Å². The number of fused-ring (bicyclic) bond motifs is 14. The van der Waals surface area contributed by atoms with Crippen LogP contribution >= 0.6 is 0 Å². The molecule has 0 spiro atoms. The summed E-state index contributed by atoms with van der Waals surface area (Å²) in [5, 5.41) is 7.18. The summed E-state index contributed by atoms with van der Waals surface area (Å²) in [6.45, 7) is 13.6. The number of aromatic nitrogens is 2. The van der Waals surface area contributed by atoms with Crippen molar-refractivity contribution < 1.29 is 4.42 Å². The first-order valence-electron chi connectivity index (χ1n) is 27.9. The van der Waals surface area contributed by atoms with E-state index in [0.29, 0.717) is 0 Å². The van der Waals surface area contributed by atoms with E-state index in [0.717, 1.165) is 44.7 Å². The van der Waals surface area contributed by atoms with Gasteiger partial charge in [-0.3, -0.25) is 0 Å². The Morgan fingerprint density at radius 1 is 0.367 bits per heavy atom. The largest absolute Gasteiger partial charge is 0.456 e. The van der Waals surface area contributed by atoms with Crippen LogP contribution in [0.2, 0.25) is 0 Å². The molecule has 0 aliphatic carbocycles. The summed E-state index contributed by atoms with van der Waals surface area (Å²) >= 11 is 0. The van der Waals surface area contributed by atoms with E-state index in [1.807, 2.05) is 0 Å². The summed E-state index contributed by atoms with van der Waals surface area (Å²) in [4.78, 5) is 2.65. The van der Waals surface area contributed by atoms with Crippen molar-refractivity contribution in [2.45, 2.75) is 52.4 Å². The summed E-state index contributed by atoms with van der Waals surface area (Å²) in [7, 11) is 0. The maximum atomic E-state index is 7.03. The van der Waals surface area contributed by atoms with E-state index in [-0.39, 0.29) is 17.5 Å². The van der Waals surface area contributed by atoms with Crippen LogP contribution in [0.5, 0.6) is 0 Å². The van der Waals surface area contributed by atoms with Gasteiger partial charge in [-0.05, 0) is 110 Å². The normalized spacial score (nSPS) is 13.1. The summed E-state index contributed by atoms with van der Waals surface area (Å²) in [6, 6.07) is 86.6. The van der Waals surface area contributed by atoms with E-state index < -0.39 is 0 Å². The number of furan rings is 1. The fourth-order valence-corrected chi connectivity index (χ4v) is 13.7. The highest BCUT2D eigenvalue weighted by molar-refractivity contribution is 7.02. The fraction of sp³-hybridized carbons (Fsp3) is 0.108. The Labute approximate surface area is 460 Å². The van der Waals surface area contributed by atoms with E-state index in [2.05, 4.69) is 286 Å². The van der Waals surface area contributed by atoms with Gasteiger partial charge >= 0.3 is 0 Å². The Balaban J connectivity index is 1.12. The Bertz CT molecular complexity index is 4760. The number of para-hydroxylation sites is 5. The molecular formula is C74H56BN3O. The molecule has 0 saturated heterocycles. The molecule has 0 saturated carbocycles. The second-order valence-electron chi connectivity index (χ2n) is 24.0. The highest BCUT2D eigenvalue weighted by Gasteiger charge is 2.46. The molecule has 0 radical (unpaired) electrons. The molecule has 5 heterocycles. The van der Waals surface area contributed by atoms with Crippen LogP contribution in [0.1, 0.15) is 52.7 Å². The van der Waals surface area contributed by atoms with Gasteiger partial charge < -0.3 is 18.5 Å². The summed E-state index contributed by atoms with van der Waals surface area (Å²) < 4.78 is 12.2. The van der Waals surface area contributed by atoms with Gasteiger partial charge in [0.1, 0.15) is 11.2 Å². The minimum Gasteiger partial charge on any atom is -0.456 e. The van der Waals surface area contributed by atoms with Gasteiger partial charge in [0.05, 0.1) is 33.4 Å². The van der Waals surface area contributed by atoms with Crippen molar-refractivity contribution in [3.63, 3.8) is 0 Å². The standard InChI is InChI=1S/C74H56BN3O/c1-73(2,3)48-36-32-46(33-37-48)51-27-19-28-52(47-34-38-49(39-35-47)74(4,5)6)70(51)77-62-41-40-53(45-20-9-7-10-21-45)71-68(62)75(59-44-66-57(42-63(59)77)55-25-15-18-31-65(55)79-66)69-67-56-26-14-17-30-61(56)76(50-22-11-8-12-23-50)64(67)43-58-54-24-13-16-29-60(54)78(71)72(58)69/h7-44H,1-6H3. The SMILES string of the molecule is CC(C)(C)c1ccc(-c2cccc(-c3ccc(C(C)(C)C)cc3)c2N2c3cc4c(cc3B3c5c2ccc(-c2ccccc2)c5-n2c5ccccc5c5cc6c(c3c52)c2ccccc2n6-c2ccccc2)oc2ccccc24)cc1. The van der Waals surface area contributed by atoms with E-state index in [9.17, 15) is 0 Å². The molecule has 0 fully saturated rings. The van der Waals surface area contributed by atoms with Crippen molar-refractivity contribution in [3.8, 4) is 44.8 Å². The molecule has 11 aromatic carbocycles. The maximum absolute atomic E-state index is 7.03. The Morgan fingerprint density at radius 2 is 0.924 bits per heavy atom. The highest BCUT2D eigenvalue weighted by Crippen LogP contribution is 2.52. The molecule has 3 aromatic heterocycles. The fourth-order valence-electron chi connectivity index (χ4n) is 13.7. The molecule has 79 heavy (non-hydrogen) atoms. The topological polar surface area (TPSA) is 26.2 Å². The monoisotopic (exact) mass is 1010 g/mol. The number of anilines is 3. The Morgan fingerprint density at radius 3 is 1.58 bits per heavy atom. The van der Waals surface area contributed by atoms with E-state index >= 15 is 0 Å². The minimum absolute atomic E-state index is 0.000297. The quantitative estimate of drug-likeness (QED) is 0.161. The van der Waals surface area contributed by atoms with Crippen LogP contribution < -0.4 is 21.3 Å². The molecule has 4 nitrogen and oxygen atoms in total. The van der Waals surface area contributed by atoms with Gasteiger partial charge in [-0.1, -0.05) is 217 Å². The molecule has 0 bridgehead atoms. The first kappa shape index (κ1) is 45.8. The third kappa shape index (κ3) is 6.63. The first-order valence-corrected chi connectivity index (χ1v) is 27.9. The van der Waals surface area contributed by atoms with E-state index in [1.54, 1.807) is 0 Å². The minimum atomic E-state index is -0.219. The average molecular weight is 1010 g/mol. The van der Waals surface area contributed by atoms with Gasteiger partial charge in [0.15, 0.2) is 0 Å². The van der Waals surface area contributed by atoms with Crippen molar-refractivity contribution in [1.82, 2.24) is 9.13 Å². The summed E-state index contributed by atoms with van der Waals surface area (Å²) in [5.41, 5.74) is 25.8. The lowest BCUT2D eigenvalue weighted by molar-refractivity contribution is 0.590. The lowest BCUT2D eigenvalue weighted by Crippen LogP contribution is -2.60. The number of hydrogen-bond acceptors (Lipinski definition) is 2. The molecular weight excluding hydrogens is 958 g/mol. The van der Waals surface area contributed by atoms with Crippen molar-refractivity contribution in [3.05, 3.63) is 242 Å². The summed E-state index contributed by atoms with van der Waals surface area (Å²) in [6.07, 6.45) is 0. The molecule has 5 heteroatoms. The van der Waals surface area contributed by atoms with Crippen LogP contribution in [0, 0.1) is 0 Å². The molecule has 14 aromatic rings. The smallest absolute Gasteiger partial charge is 0.253 e. The third-order valence-corrected chi connectivity index (χ3v) is 17.4. The van der Waals surface area contributed by atoms with E-state index in [1.165, 1.54) is 110 Å². The van der Waals surface area contributed by atoms with E-state index in [4.69, 9.17) is 4.42 Å². The Hall–Kier alpha value is -9.32. The van der Waals surface area contributed by atoms with Crippen LogP contribution in [0.3, 0.4) is 0 Å². The average Bonchev–Trinajstić information content (AvgIpc) is 3.66. The lowest BCUT2D eigenvalue weighted by Gasteiger charge is -2.42. The number of rotatable bonds is 5. The third-order valence-electron chi connectivity index (χ3n) is 17.4. The van der Waals surface area contributed by atoms with Crippen molar-refractivity contribution in [1.29, 1.82) is 0 Å². The molecule has 16 rings (SSSR count). The van der Waals surface area contributed by atoms with Crippen molar-refractivity contribution >= 4 is 106 Å². The van der Waals surface area contributed by atoms with Gasteiger partial charge in [0.2, 0.25) is 0 Å². The predicted molar refractivity (Wildman–Crippen MR) is 335 cm³/mol. The van der Waals surface area contributed by atoms with Gasteiger partial charge in [-0.2, -0.15) is 0 Å². The van der Waals surface area contributed by atoms with Crippen molar-refractivity contribution in [2.75, 3.05) is 4.90 Å².